The molecule has 0 saturated carbocycles. The fourth-order valence-electron chi connectivity index (χ4n) is 7.93. The third kappa shape index (κ3) is 10.9. The van der Waals surface area contributed by atoms with Crippen LogP contribution in [0.15, 0.2) is 158 Å². The molecule has 0 spiro atoms. The number of halogens is 2. The van der Waals surface area contributed by atoms with Crippen LogP contribution in [0.1, 0.15) is 75.6 Å². The summed E-state index contributed by atoms with van der Waals surface area (Å²) in [4.78, 5) is 0. The zero-order chi connectivity index (χ0) is 41.6. The standard InChI is InChI=1S/2C26H25.C2H6Si.2ClH.Zr/c2*1-4-19-14-15-21-16-22(20-10-6-5-7-11-20)17-25(21)26(19)24-13-9-8-12-23(24)18(2)3;1-3-2;;;/h2*5-18H,4H2,1-3H3;1-2H3;2*1H;/q2*-1;;;;+4/p-2. The molecule has 8 aromatic rings. The number of fused-ring (bicyclic) bond motifs is 2. The van der Waals surface area contributed by atoms with Crippen molar-refractivity contribution in [1.29, 1.82) is 0 Å². The van der Waals surface area contributed by atoms with Crippen molar-refractivity contribution in [2.24, 2.45) is 0 Å². The van der Waals surface area contributed by atoms with Crippen molar-refractivity contribution in [2.75, 3.05) is 0 Å². The molecule has 0 N–H and O–H groups in total. The molecule has 58 heavy (non-hydrogen) atoms. The van der Waals surface area contributed by atoms with Crippen LogP contribution >= 0.6 is 17.0 Å². The van der Waals surface area contributed by atoms with E-state index in [0.29, 0.717) is 11.8 Å². The number of aryl methyl sites for hydroxylation is 2. The Morgan fingerprint density at radius 1 is 0.500 bits per heavy atom. The summed E-state index contributed by atoms with van der Waals surface area (Å²) in [5.41, 5.74) is 16.5. The zero-order valence-corrected chi connectivity index (χ0v) is 40.3. The van der Waals surface area contributed by atoms with Gasteiger partial charge in [0.05, 0.1) is 0 Å². The molecular weight excluding hydrogens is 839 g/mol. The average molecular weight is 895 g/mol. The van der Waals surface area contributed by atoms with Crippen LogP contribution in [0.25, 0.3) is 66.1 Å². The van der Waals surface area contributed by atoms with Crippen LogP contribution in [0.3, 0.4) is 0 Å². The molecule has 0 aromatic heterocycles. The van der Waals surface area contributed by atoms with E-state index in [2.05, 4.69) is 212 Å². The van der Waals surface area contributed by atoms with Gasteiger partial charge in [0.25, 0.3) is 0 Å². The fourth-order valence-corrected chi connectivity index (χ4v) is 7.93. The Hall–Kier alpha value is -3.78. The molecule has 8 aromatic carbocycles. The third-order valence-corrected chi connectivity index (χ3v) is 10.6. The Labute approximate surface area is 369 Å². The number of hydrogen-bond acceptors (Lipinski definition) is 0. The van der Waals surface area contributed by atoms with Gasteiger partial charge in [-0.3, -0.25) is 0 Å². The molecule has 8 rings (SSSR count). The summed E-state index contributed by atoms with van der Waals surface area (Å²) in [6, 6.07) is 57.7. The van der Waals surface area contributed by atoms with Gasteiger partial charge in [0, 0.05) is 9.52 Å². The van der Waals surface area contributed by atoms with Gasteiger partial charge in [-0.15, -0.1) is 69.1 Å². The van der Waals surface area contributed by atoms with Crippen LogP contribution in [-0.4, -0.2) is 9.52 Å². The second-order valence-corrected chi connectivity index (χ2v) is 19.9. The minimum absolute atomic E-state index is 0.509. The molecule has 4 heteroatoms. The second kappa shape index (κ2) is 22.6. The van der Waals surface area contributed by atoms with E-state index in [1.54, 1.807) is 0 Å². The van der Waals surface area contributed by atoms with Crippen molar-refractivity contribution in [3.8, 4) is 44.5 Å². The summed E-state index contributed by atoms with van der Waals surface area (Å²) in [7, 11) is 11.0. The second-order valence-electron chi connectivity index (χ2n) is 15.2. The van der Waals surface area contributed by atoms with E-state index >= 15 is 0 Å². The first-order valence-corrected chi connectivity index (χ1v) is 28.8. The van der Waals surface area contributed by atoms with Gasteiger partial charge in [-0.05, 0) is 58.1 Å². The molecule has 0 fully saturated rings. The van der Waals surface area contributed by atoms with Gasteiger partial charge in [-0.2, -0.15) is 0 Å². The molecule has 0 aliphatic heterocycles. The molecule has 0 aliphatic rings. The maximum atomic E-state index is 4.93. The number of rotatable bonds is 8. The van der Waals surface area contributed by atoms with Crippen molar-refractivity contribution in [1.82, 2.24) is 0 Å². The number of benzene rings is 6. The Morgan fingerprint density at radius 3 is 1.16 bits per heavy atom. The van der Waals surface area contributed by atoms with E-state index in [4.69, 9.17) is 17.0 Å². The predicted molar refractivity (Wildman–Crippen MR) is 257 cm³/mol. The van der Waals surface area contributed by atoms with E-state index in [9.17, 15) is 0 Å². The van der Waals surface area contributed by atoms with Crippen LogP contribution in [0.2, 0.25) is 13.1 Å². The van der Waals surface area contributed by atoms with E-state index < -0.39 is 20.8 Å². The topological polar surface area (TPSA) is 0 Å². The first kappa shape index (κ1) is 45.3. The molecule has 0 saturated heterocycles. The van der Waals surface area contributed by atoms with Gasteiger partial charge in [-0.1, -0.05) is 198 Å². The van der Waals surface area contributed by atoms with Crippen molar-refractivity contribution in [3.63, 3.8) is 0 Å². The molecular formula is C54H56Cl2SiZr. The zero-order valence-electron chi connectivity index (χ0n) is 35.3. The number of hydrogen-bond donors (Lipinski definition) is 0. The van der Waals surface area contributed by atoms with Crippen molar-refractivity contribution < 1.29 is 20.8 Å². The molecule has 0 heterocycles. The van der Waals surface area contributed by atoms with Gasteiger partial charge < -0.3 is 0 Å². The maximum absolute atomic E-state index is 4.93. The van der Waals surface area contributed by atoms with E-state index in [1.807, 2.05) is 0 Å². The molecule has 0 bridgehead atoms. The summed E-state index contributed by atoms with van der Waals surface area (Å²) < 4.78 is 0. The normalized spacial score (nSPS) is 10.7. The first-order chi connectivity index (χ1) is 28.2. The van der Waals surface area contributed by atoms with Crippen LogP contribution < -0.4 is 0 Å². The Bertz CT molecular complexity index is 2300. The summed E-state index contributed by atoms with van der Waals surface area (Å²) in [5, 5.41) is 5.40. The quantitative estimate of drug-likeness (QED) is 0.105. The van der Waals surface area contributed by atoms with Crippen LogP contribution in [0.4, 0.5) is 0 Å². The molecule has 0 aliphatic carbocycles. The Morgan fingerprint density at radius 2 is 0.828 bits per heavy atom. The van der Waals surface area contributed by atoms with Crippen molar-refractivity contribution >= 4 is 48.1 Å². The summed E-state index contributed by atoms with van der Waals surface area (Å²) in [5.74, 6) is 1.02. The molecule has 0 nitrogen and oxygen atoms in total. The molecule has 0 amide bonds. The monoisotopic (exact) mass is 892 g/mol. The first-order valence-electron chi connectivity index (χ1n) is 20.5. The van der Waals surface area contributed by atoms with Crippen LogP contribution in [-0.2, 0) is 33.7 Å². The minimum atomic E-state index is -0.826. The van der Waals surface area contributed by atoms with E-state index in [0.717, 1.165) is 22.4 Å². The Kier molecular flexibility index (Phi) is 17.6. The van der Waals surface area contributed by atoms with Crippen LogP contribution in [0, 0.1) is 0 Å². The summed E-state index contributed by atoms with van der Waals surface area (Å²) in [6.07, 6.45) is 2.09. The van der Waals surface area contributed by atoms with Gasteiger partial charge in [0.1, 0.15) is 0 Å². The van der Waals surface area contributed by atoms with Gasteiger partial charge >= 0.3 is 37.9 Å². The fraction of sp³-hybridized carbons (Fsp3) is 0.222. The van der Waals surface area contributed by atoms with Crippen LogP contribution in [0.5, 0.6) is 0 Å². The van der Waals surface area contributed by atoms with Gasteiger partial charge in [0.2, 0.25) is 0 Å². The van der Waals surface area contributed by atoms with E-state index in [1.165, 1.54) is 88.3 Å². The van der Waals surface area contributed by atoms with Gasteiger partial charge in [0.15, 0.2) is 0 Å². The molecule has 294 valence electrons. The third-order valence-electron chi connectivity index (χ3n) is 10.6. The summed E-state index contributed by atoms with van der Waals surface area (Å²) >= 11 is -0.826. The SMILES string of the molecule is CCc1ccc2[cH-]c(-c3ccccc3)cc2c1-c1ccccc1C(C)C.CCc1ccc2[cH-]c(-c3ccccc3)cc2c1-c1ccccc1C(C)C.C[Si]C.[Cl][Zr+2][Cl]. The predicted octanol–water partition coefficient (Wildman–Crippen LogP) is 17.3. The molecule has 0 atom stereocenters. The summed E-state index contributed by atoms with van der Waals surface area (Å²) in [6.45, 7) is 17.9. The molecule has 0 unspecified atom stereocenters. The average Bonchev–Trinajstić information content (AvgIpc) is 3.90. The molecule has 2 radical (unpaired) electrons. The van der Waals surface area contributed by atoms with Crippen molar-refractivity contribution in [3.05, 3.63) is 180 Å². The van der Waals surface area contributed by atoms with Crippen molar-refractivity contribution in [2.45, 2.75) is 79.3 Å². The van der Waals surface area contributed by atoms with E-state index in [-0.39, 0.29) is 0 Å². The van der Waals surface area contributed by atoms with Gasteiger partial charge in [-0.25, -0.2) is 0 Å². The Balaban J connectivity index is 0.000000195.